The number of carbonyl (C=O) groups is 3. The summed E-state index contributed by atoms with van der Waals surface area (Å²) >= 11 is 6.02. The van der Waals surface area contributed by atoms with E-state index in [-0.39, 0.29) is 12.5 Å². The van der Waals surface area contributed by atoms with Crippen LogP contribution in [0, 0.1) is 13.8 Å². The third-order valence-corrected chi connectivity index (χ3v) is 4.34. The van der Waals surface area contributed by atoms with E-state index in [9.17, 15) is 14.4 Å². The van der Waals surface area contributed by atoms with Crippen LogP contribution < -0.4 is 20.8 Å². The Kier molecular flexibility index (Phi) is 9.02. The van der Waals surface area contributed by atoms with Crippen molar-refractivity contribution >= 4 is 41.2 Å². The molecule has 8 nitrogen and oxygen atoms in total. The summed E-state index contributed by atoms with van der Waals surface area (Å²) in [5.41, 5.74) is 5.26. The molecule has 3 N–H and O–H groups in total. The summed E-state index contributed by atoms with van der Waals surface area (Å²) in [6.07, 6.45) is 2.00. The maximum atomic E-state index is 12.3. The van der Waals surface area contributed by atoms with Gasteiger partial charge >= 0.3 is 11.8 Å². The summed E-state index contributed by atoms with van der Waals surface area (Å²) in [5, 5.41) is 9.44. The summed E-state index contributed by atoms with van der Waals surface area (Å²) < 4.78 is 5.60. The van der Waals surface area contributed by atoms with Gasteiger partial charge in [0, 0.05) is 22.8 Å². The summed E-state index contributed by atoms with van der Waals surface area (Å²) in [4.78, 5) is 35.5. The number of hydrazone groups is 1. The van der Waals surface area contributed by atoms with E-state index in [0.717, 1.165) is 16.8 Å². The predicted molar refractivity (Wildman–Crippen MR) is 121 cm³/mol. The van der Waals surface area contributed by atoms with Gasteiger partial charge in [-0.05, 0) is 55.7 Å². The van der Waals surface area contributed by atoms with Crippen LogP contribution in [-0.2, 0) is 14.4 Å². The van der Waals surface area contributed by atoms with Crippen LogP contribution in [-0.4, -0.2) is 37.1 Å². The Balaban J connectivity index is 1.99. The van der Waals surface area contributed by atoms with Gasteiger partial charge in [0.15, 0.2) is 6.61 Å². The van der Waals surface area contributed by atoms with E-state index in [1.165, 1.54) is 6.21 Å². The third-order valence-electron chi connectivity index (χ3n) is 4.11. The zero-order valence-corrected chi connectivity index (χ0v) is 18.4. The fourth-order valence-corrected chi connectivity index (χ4v) is 2.66. The molecule has 0 aromatic heterocycles. The highest BCUT2D eigenvalue weighted by Gasteiger charge is 2.12. The van der Waals surface area contributed by atoms with Crippen molar-refractivity contribution in [3.05, 3.63) is 58.1 Å². The van der Waals surface area contributed by atoms with Crippen LogP contribution in [0.15, 0.2) is 41.5 Å². The first-order valence-electron chi connectivity index (χ1n) is 9.70. The SMILES string of the molecule is CCCNC(=O)C(=O)N/N=C\c1cc(Cl)ccc1OCC(=O)Nc1cc(C)ccc1C. The van der Waals surface area contributed by atoms with Gasteiger partial charge in [-0.1, -0.05) is 30.7 Å². The number of hydrogen-bond acceptors (Lipinski definition) is 5. The van der Waals surface area contributed by atoms with E-state index >= 15 is 0 Å². The Labute approximate surface area is 186 Å². The molecule has 2 rings (SSSR count). The molecule has 2 aromatic rings. The number of amides is 3. The first kappa shape index (κ1) is 23.9. The van der Waals surface area contributed by atoms with E-state index in [2.05, 4.69) is 21.2 Å². The Morgan fingerprint density at radius 3 is 2.61 bits per heavy atom. The molecule has 31 heavy (non-hydrogen) atoms. The van der Waals surface area contributed by atoms with Crippen LogP contribution in [0.3, 0.4) is 0 Å². The van der Waals surface area contributed by atoms with Crippen molar-refractivity contribution in [3.8, 4) is 5.75 Å². The molecule has 0 saturated carbocycles. The van der Waals surface area contributed by atoms with Crippen LogP contribution in [0.4, 0.5) is 5.69 Å². The van der Waals surface area contributed by atoms with Gasteiger partial charge in [0.05, 0.1) is 6.21 Å². The minimum absolute atomic E-state index is 0.234. The maximum Gasteiger partial charge on any atom is 0.329 e. The molecular weight excluding hydrogens is 420 g/mol. The molecule has 0 atom stereocenters. The van der Waals surface area contributed by atoms with E-state index in [4.69, 9.17) is 16.3 Å². The number of ether oxygens (including phenoxy) is 1. The van der Waals surface area contributed by atoms with Gasteiger partial charge in [0.1, 0.15) is 5.75 Å². The van der Waals surface area contributed by atoms with Gasteiger partial charge in [0.25, 0.3) is 5.91 Å². The Morgan fingerprint density at radius 2 is 1.87 bits per heavy atom. The van der Waals surface area contributed by atoms with Crippen LogP contribution in [0.5, 0.6) is 5.75 Å². The third kappa shape index (κ3) is 7.75. The summed E-state index contributed by atoms with van der Waals surface area (Å²) in [5.74, 6) is -1.65. The highest BCUT2D eigenvalue weighted by Crippen LogP contribution is 2.22. The molecule has 164 valence electrons. The van der Waals surface area contributed by atoms with Gasteiger partial charge in [-0.25, -0.2) is 5.43 Å². The zero-order valence-electron chi connectivity index (χ0n) is 17.6. The number of benzene rings is 2. The van der Waals surface area contributed by atoms with E-state index in [1.807, 2.05) is 39.0 Å². The van der Waals surface area contributed by atoms with Crippen molar-refractivity contribution in [1.29, 1.82) is 0 Å². The lowest BCUT2D eigenvalue weighted by molar-refractivity contribution is -0.139. The number of aryl methyl sites for hydroxylation is 2. The fraction of sp³-hybridized carbons (Fsp3) is 0.273. The van der Waals surface area contributed by atoms with Crippen molar-refractivity contribution < 1.29 is 19.1 Å². The quantitative estimate of drug-likeness (QED) is 0.330. The second-order valence-corrected chi connectivity index (χ2v) is 7.23. The highest BCUT2D eigenvalue weighted by molar-refractivity contribution is 6.35. The predicted octanol–water partition coefficient (Wildman–Crippen LogP) is 2.95. The summed E-state index contributed by atoms with van der Waals surface area (Å²) in [6.45, 7) is 5.88. The van der Waals surface area contributed by atoms with Crippen molar-refractivity contribution in [2.75, 3.05) is 18.5 Å². The maximum absolute atomic E-state index is 12.3. The molecule has 9 heteroatoms. The number of hydrogen-bond donors (Lipinski definition) is 3. The number of nitrogens with zero attached hydrogens (tertiary/aromatic N) is 1. The van der Waals surface area contributed by atoms with Crippen molar-refractivity contribution in [2.45, 2.75) is 27.2 Å². The number of rotatable bonds is 8. The fourth-order valence-electron chi connectivity index (χ4n) is 2.48. The number of anilines is 1. The average Bonchev–Trinajstić information content (AvgIpc) is 2.73. The van der Waals surface area contributed by atoms with E-state index in [0.29, 0.717) is 29.3 Å². The van der Waals surface area contributed by atoms with Crippen LogP contribution in [0.2, 0.25) is 5.02 Å². The Hall–Kier alpha value is -3.39. The lowest BCUT2D eigenvalue weighted by Crippen LogP contribution is -2.38. The Bertz CT molecular complexity index is 991. The lowest BCUT2D eigenvalue weighted by Gasteiger charge is -2.12. The zero-order chi connectivity index (χ0) is 22.8. The topological polar surface area (TPSA) is 109 Å². The highest BCUT2D eigenvalue weighted by atomic mass is 35.5. The second kappa shape index (κ2) is 11.7. The Morgan fingerprint density at radius 1 is 1.10 bits per heavy atom. The van der Waals surface area contributed by atoms with E-state index < -0.39 is 11.8 Å². The molecule has 0 heterocycles. The average molecular weight is 445 g/mol. The summed E-state index contributed by atoms with van der Waals surface area (Å²) in [6, 6.07) is 10.5. The molecule has 0 fully saturated rings. The normalized spacial score (nSPS) is 10.6. The number of halogens is 1. The molecule has 0 unspecified atom stereocenters. The van der Waals surface area contributed by atoms with Crippen LogP contribution in [0.1, 0.15) is 30.0 Å². The first-order valence-corrected chi connectivity index (χ1v) is 10.1. The molecule has 2 aromatic carbocycles. The molecular formula is C22H25ClN4O4. The minimum atomic E-state index is -0.887. The van der Waals surface area contributed by atoms with Gasteiger partial charge in [-0.2, -0.15) is 5.10 Å². The van der Waals surface area contributed by atoms with E-state index in [1.54, 1.807) is 18.2 Å². The minimum Gasteiger partial charge on any atom is -0.483 e. The lowest BCUT2D eigenvalue weighted by atomic mass is 10.1. The molecule has 0 saturated heterocycles. The standard InChI is InChI=1S/C22H25ClN4O4/c1-4-9-24-21(29)22(30)27-25-12-16-11-17(23)7-8-19(16)31-13-20(28)26-18-10-14(2)5-6-15(18)3/h5-8,10-12H,4,9,13H2,1-3H3,(H,24,29)(H,26,28)(H,27,30)/b25-12-. The van der Waals surface area contributed by atoms with Gasteiger partial charge < -0.3 is 15.4 Å². The molecule has 0 bridgehead atoms. The number of nitrogens with one attached hydrogen (secondary N) is 3. The van der Waals surface area contributed by atoms with Crippen molar-refractivity contribution in [2.24, 2.45) is 5.10 Å². The largest absolute Gasteiger partial charge is 0.483 e. The smallest absolute Gasteiger partial charge is 0.329 e. The van der Waals surface area contributed by atoms with Gasteiger partial charge in [-0.15, -0.1) is 0 Å². The monoisotopic (exact) mass is 444 g/mol. The van der Waals surface area contributed by atoms with Crippen LogP contribution in [0.25, 0.3) is 0 Å². The molecule has 0 aliphatic rings. The van der Waals surface area contributed by atoms with Crippen molar-refractivity contribution in [3.63, 3.8) is 0 Å². The van der Waals surface area contributed by atoms with Gasteiger partial charge in [0.2, 0.25) is 0 Å². The first-order chi connectivity index (χ1) is 14.8. The molecule has 0 spiro atoms. The van der Waals surface area contributed by atoms with Crippen molar-refractivity contribution in [1.82, 2.24) is 10.7 Å². The second-order valence-electron chi connectivity index (χ2n) is 6.79. The molecule has 0 radical (unpaired) electrons. The van der Waals surface area contributed by atoms with Crippen LogP contribution >= 0.6 is 11.6 Å². The molecule has 0 aliphatic heterocycles. The molecule has 0 aliphatic carbocycles. The number of carbonyl (C=O) groups excluding carboxylic acids is 3. The summed E-state index contributed by atoms with van der Waals surface area (Å²) in [7, 11) is 0. The molecule has 3 amide bonds. The van der Waals surface area contributed by atoms with Gasteiger partial charge in [-0.3, -0.25) is 14.4 Å².